The molecule has 2 atom stereocenters. The molecule has 0 bridgehead atoms. The van der Waals surface area contributed by atoms with E-state index >= 15 is 0 Å². The van der Waals surface area contributed by atoms with E-state index in [0.717, 1.165) is 37.7 Å². The molecule has 1 N–H and O–H groups in total. The second-order valence-electron chi connectivity index (χ2n) is 7.72. The van der Waals surface area contributed by atoms with Crippen LogP contribution in [0.4, 0.5) is 0 Å². The van der Waals surface area contributed by atoms with E-state index < -0.39 is 0 Å². The van der Waals surface area contributed by atoms with Crippen molar-refractivity contribution in [1.29, 1.82) is 0 Å². The molecule has 0 saturated carbocycles. The first-order valence-corrected chi connectivity index (χ1v) is 9.44. The Morgan fingerprint density at radius 1 is 1.32 bits per heavy atom. The molecule has 132 valence electrons. The number of para-hydroxylation sites is 1. The second-order valence-corrected chi connectivity index (χ2v) is 7.72. The Balaban J connectivity index is 1.85. The molecule has 1 saturated heterocycles. The summed E-state index contributed by atoms with van der Waals surface area (Å²) in [4.78, 5) is 30.0. The summed E-state index contributed by atoms with van der Waals surface area (Å²) >= 11 is 0. The van der Waals surface area contributed by atoms with Gasteiger partial charge in [0, 0.05) is 36.0 Å². The van der Waals surface area contributed by atoms with Gasteiger partial charge in [0.05, 0.1) is 6.04 Å². The van der Waals surface area contributed by atoms with Crippen molar-refractivity contribution in [3.05, 3.63) is 35.5 Å². The number of carbonyl (C=O) groups excluding carboxylic acids is 2. The lowest BCUT2D eigenvalue weighted by Crippen LogP contribution is -2.52. The van der Waals surface area contributed by atoms with Gasteiger partial charge in [-0.3, -0.25) is 4.79 Å². The number of rotatable bonds is 4. The molecule has 0 aliphatic carbocycles. The molecular weight excluding hydrogens is 312 g/mol. The van der Waals surface area contributed by atoms with E-state index in [1.807, 2.05) is 0 Å². The van der Waals surface area contributed by atoms with E-state index in [4.69, 9.17) is 0 Å². The minimum atomic E-state index is -0.00434. The summed E-state index contributed by atoms with van der Waals surface area (Å²) in [6.07, 6.45) is 4.85. The van der Waals surface area contributed by atoms with Crippen LogP contribution in [0.15, 0.2) is 24.3 Å². The molecule has 2 aliphatic rings. The fourth-order valence-electron chi connectivity index (χ4n) is 5.02. The van der Waals surface area contributed by atoms with Crippen molar-refractivity contribution in [3.8, 4) is 0 Å². The van der Waals surface area contributed by atoms with Crippen LogP contribution < -0.4 is 0 Å². The molecule has 1 amide bonds. The number of carbonyl (C=O) groups is 2. The van der Waals surface area contributed by atoms with Gasteiger partial charge in [0.1, 0.15) is 5.78 Å². The van der Waals surface area contributed by atoms with Crippen molar-refractivity contribution in [2.45, 2.75) is 58.4 Å². The summed E-state index contributed by atoms with van der Waals surface area (Å²) in [5, 5.41) is 1.28. The van der Waals surface area contributed by atoms with Gasteiger partial charge in [0.15, 0.2) is 0 Å². The van der Waals surface area contributed by atoms with Crippen LogP contribution in [0.3, 0.4) is 0 Å². The lowest BCUT2D eigenvalue weighted by molar-refractivity contribution is -0.146. The predicted octanol–water partition coefficient (Wildman–Crippen LogP) is 4.15. The van der Waals surface area contributed by atoms with Gasteiger partial charge in [-0.1, -0.05) is 25.1 Å². The standard InChI is InChI=1S/C21H26N2O2/c1-3-21(11-8-14(2)24)12-9-18(25)23-13-10-16-15-6-4-5-7-17(15)22-19(16)20(21)23/h4-7,20,22H,3,8-13H2,1-2H3/t20-,21-/m1/s1. The molecule has 1 aromatic heterocycles. The Kier molecular flexibility index (Phi) is 3.94. The summed E-state index contributed by atoms with van der Waals surface area (Å²) in [5.41, 5.74) is 3.73. The van der Waals surface area contributed by atoms with Gasteiger partial charge in [-0.05, 0) is 49.7 Å². The van der Waals surface area contributed by atoms with Crippen LogP contribution in [0.5, 0.6) is 0 Å². The SMILES string of the molecule is CC[C@@]1(CCC(C)=O)CCC(=O)N2CCc3c([nH]c4ccccc34)[C@@H]21. The average molecular weight is 338 g/mol. The van der Waals surface area contributed by atoms with Crippen LogP contribution >= 0.6 is 0 Å². The van der Waals surface area contributed by atoms with E-state index in [1.54, 1.807) is 6.92 Å². The molecule has 2 aliphatic heterocycles. The maximum Gasteiger partial charge on any atom is 0.223 e. The van der Waals surface area contributed by atoms with Gasteiger partial charge in [0.25, 0.3) is 0 Å². The van der Waals surface area contributed by atoms with Crippen molar-refractivity contribution in [2.24, 2.45) is 5.41 Å². The van der Waals surface area contributed by atoms with Crippen molar-refractivity contribution >= 4 is 22.6 Å². The monoisotopic (exact) mass is 338 g/mol. The smallest absolute Gasteiger partial charge is 0.223 e. The van der Waals surface area contributed by atoms with E-state index in [0.29, 0.717) is 12.8 Å². The van der Waals surface area contributed by atoms with Crippen LogP contribution in [-0.4, -0.2) is 28.1 Å². The first-order chi connectivity index (χ1) is 12.1. The van der Waals surface area contributed by atoms with Gasteiger partial charge in [0.2, 0.25) is 5.91 Å². The topological polar surface area (TPSA) is 53.2 Å². The number of Topliss-reactive ketones (excluding diaryl/α,β-unsaturated/α-hetero) is 1. The molecule has 1 fully saturated rings. The molecular formula is C21H26N2O2. The van der Waals surface area contributed by atoms with Gasteiger partial charge in [-0.25, -0.2) is 0 Å². The van der Waals surface area contributed by atoms with Crippen LogP contribution in [0, 0.1) is 5.41 Å². The van der Waals surface area contributed by atoms with Crippen molar-refractivity contribution in [3.63, 3.8) is 0 Å². The Morgan fingerprint density at radius 3 is 2.88 bits per heavy atom. The maximum atomic E-state index is 12.6. The Morgan fingerprint density at radius 2 is 2.12 bits per heavy atom. The first-order valence-electron chi connectivity index (χ1n) is 9.44. The highest BCUT2D eigenvalue weighted by molar-refractivity contribution is 5.86. The molecule has 2 aromatic rings. The second kappa shape index (κ2) is 6.01. The highest BCUT2D eigenvalue weighted by Gasteiger charge is 2.49. The molecule has 0 unspecified atom stereocenters. The molecule has 4 heteroatoms. The number of hydrogen-bond acceptors (Lipinski definition) is 2. The largest absolute Gasteiger partial charge is 0.356 e. The molecule has 0 spiro atoms. The molecule has 4 rings (SSSR count). The minimum absolute atomic E-state index is 0.00434. The van der Waals surface area contributed by atoms with Crippen molar-refractivity contribution in [1.82, 2.24) is 9.88 Å². The number of nitrogens with one attached hydrogen (secondary N) is 1. The van der Waals surface area contributed by atoms with Crippen molar-refractivity contribution < 1.29 is 9.59 Å². The number of piperidine rings is 1. The summed E-state index contributed by atoms with van der Waals surface area (Å²) < 4.78 is 0. The molecule has 4 nitrogen and oxygen atoms in total. The van der Waals surface area contributed by atoms with Crippen LogP contribution in [0.2, 0.25) is 0 Å². The zero-order valence-electron chi connectivity index (χ0n) is 15.1. The zero-order valence-corrected chi connectivity index (χ0v) is 15.1. The molecule has 3 heterocycles. The third kappa shape index (κ3) is 2.50. The van der Waals surface area contributed by atoms with E-state index in [1.165, 1.54) is 16.6 Å². The van der Waals surface area contributed by atoms with Gasteiger partial charge < -0.3 is 14.7 Å². The first kappa shape index (κ1) is 16.4. The maximum absolute atomic E-state index is 12.6. The number of hydrogen-bond donors (Lipinski definition) is 1. The van der Waals surface area contributed by atoms with Gasteiger partial charge in [-0.15, -0.1) is 0 Å². The lowest BCUT2D eigenvalue weighted by atomic mass is 9.65. The van der Waals surface area contributed by atoms with E-state index in [-0.39, 0.29) is 23.1 Å². The number of amides is 1. The average Bonchev–Trinajstić information content (AvgIpc) is 3.00. The van der Waals surface area contributed by atoms with E-state index in [9.17, 15) is 9.59 Å². The van der Waals surface area contributed by atoms with E-state index in [2.05, 4.69) is 41.1 Å². The predicted molar refractivity (Wildman–Crippen MR) is 98.3 cm³/mol. The zero-order chi connectivity index (χ0) is 17.6. The summed E-state index contributed by atoms with van der Waals surface area (Å²) in [6, 6.07) is 8.50. The minimum Gasteiger partial charge on any atom is -0.356 e. The van der Waals surface area contributed by atoms with Crippen LogP contribution in [-0.2, 0) is 16.0 Å². The quantitative estimate of drug-likeness (QED) is 0.910. The number of fused-ring (bicyclic) bond motifs is 5. The Labute approximate surface area is 148 Å². The Bertz CT molecular complexity index is 838. The number of aromatic nitrogens is 1. The fraction of sp³-hybridized carbons (Fsp3) is 0.524. The van der Waals surface area contributed by atoms with Gasteiger partial charge in [-0.2, -0.15) is 0 Å². The number of H-pyrrole nitrogens is 1. The number of ketones is 1. The number of aromatic amines is 1. The molecule has 0 radical (unpaired) electrons. The van der Waals surface area contributed by atoms with Crippen LogP contribution in [0.25, 0.3) is 10.9 Å². The normalized spacial score (nSPS) is 25.8. The number of benzene rings is 1. The highest BCUT2D eigenvalue weighted by atomic mass is 16.2. The van der Waals surface area contributed by atoms with Crippen molar-refractivity contribution in [2.75, 3.05) is 6.54 Å². The summed E-state index contributed by atoms with van der Waals surface area (Å²) in [5.74, 6) is 0.505. The molecule has 25 heavy (non-hydrogen) atoms. The van der Waals surface area contributed by atoms with Crippen LogP contribution in [0.1, 0.15) is 63.3 Å². The number of nitrogens with zero attached hydrogens (tertiary/aromatic N) is 1. The lowest BCUT2D eigenvalue weighted by Gasteiger charge is -2.51. The summed E-state index contributed by atoms with van der Waals surface area (Å²) in [6.45, 7) is 4.68. The Hall–Kier alpha value is -2.10. The third-order valence-corrected chi connectivity index (χ3v) is 6.45. The summed E-state index contributed by atoms with van der Waals surface area (Å²) in [7, 11) is 0. The third-order valence-electron chi connectivity index (χ3n) is 6.45. The van der Waals surface area contributed by atoms with Gasteiger partial charge >= 0.3 is 0 Å². The fourth-order valence-corrected chi connectivity index (χ4v) is 5.02. The molecule has 1 aromatic carbocycles. The highest BCUT2D eigenvalue weighted by Crippen LogP contribution is 2.54.